The van der Waals surface area contributed by atoms with Gasteiger partial charge < -0.3 is 19.5 Å². The molecule has 4 aromatic carbocycles. The molecular formula is C31H28F2N2O7S. The lowest BCUT2D eigenvalue weighted by Gasteiger charge is -2.24. The minimum Gasteiger partial charge on any atom is -0.493 e. The summed E-state index contributed by atoms with van der Waals surface area (Å²) in [6.07, 6.45) is 0. The summed E-state index contributed by atoms with van der Waals surface area (Å²) in [4.78, 5) is 24.0. The number of esters is 1. The Kier molecular flexibility index (Phi) is 9.73. The molecule has 0 heterocycles. The highest BCUT2D eigenvalue weighted by Crippen LogP contribution is 2.30. The number of para-hydroxylation sites is 1. The van der Waals surface area contributed by atoms with E-state index in [0.717, 1.165) is 28.6 Å². The van der Waals surface area contributed by atoms with Gasteiger partial charge in [0.2, 0.25) is 10.0 Å². The van der Waals surface area contributed by atoms with Crippen LogP contribution in [-0.2, 0) is 27.8 Å². The van der Waals surface area contributed by atoms with Crippen LogP contribution >= 0.6 is 0 Å². The number of sulfonamides is 1. The molecule has 0 saturated heterocycles. The third-order valence-corrected chi connectivity index (χ3v) is 8.28. The molecule has 4 aromatic rings. The molecule has 224 valence electrons. The smallest absolute Gasteiger partial charge is 0.337 e. The standard InChI is InChI=1S/C31H28F2N2O7S/c1-40-27-15-10-21(16-28(27)41-2)19-35(18-20-8-11-22(12-9-20)31(37)42-3)43(38,39)29-17-23(13-14-25(29)33)30(36)34-26-7-5-4-6-24(26)32/h4-17H,18-19H2,1-3H3,(H,34,36). The fourth-order valence-corrected chi connectivity index (χ4v) is 5.72. The molecule has 0 aliphatic carbocycles. The number of benzene rings is 4. The van der Waals surface area contributed by atoms with E-state index in [4.69, 9.17) is 14.2 Å². The Labute approximate surface area is 247 Å². The predicted molar refractivity (Wildman–Crippen MR) is 155 cm³/mol. The zero-order valence-corrected chi connectivity index (χ0v) is 24.3. The summed E-state index contributed by atoms with van der Waals surface area (Å²) in [5, 5.41) is 2.37. The lowest BCUT2D eigenvalue weighted by atomic mass is 10.1. The van der Waals surface area contributed by atoms with Crippen molar-refractivity contribution in [1.82, 2.24) is 4.31 Å². The molecule has 0 fully saturated rings. The molecule has 4 rings (SSSR count). The summed E-state index contributed by atoms with van der Waals surface area (Å²) in [6.45, 7) is -0.435. The zero-order valence-electron chi connectivity index (χ0n) is 23.5. The van der Waals surface area contributed by atoms with Crippen molar-refractivity contribution in [3.8, 4) is 11.5 Å². The number of anilines is 1. The zero-order chi connectivity index (χ0) is 31.1. The third kappa shape index (κ3) is 7.16. The summed E-state index contributed by atoms with van der Waals surface area (Å²) in [7, 11) is -0.449. The number of halogens is 2. The Morgan fingerprint density at radius 2 is 1.37 bits per heavy atom. The van der Waals surface area contributed by atoms with Crippen molar-refractivity contribution in [1.29, 1.82) is 0 Å². The van der Waals surface area contributed by atoms with Crippen molar-refractivity contribution in [3.63, 3.8) is 0 Å². The molecule has 0 radical (unpaired) electrons. The average Bonchev–Trinajstić information content (AvgIpc) is 3.01. The molecular weight excluding hydrogens is 582 g/mol. The van der Waals surface area contributed by atoms with Crippen LogP contribution in [0.1, 0.15) is 31.8 Å². The molecule has 0 saturated carbocycles. The fourth-order valence-electron chi connectivity index (χ4n) is 4.21. The number of carbonyl (C=O) groups excluding carboxylic acids is 2. The SMILES string of the molecule is COC(=O)c1ccc(CN(Cc2ccc(OC)c(OC)c2)S(=O)(=O)c2cc(C(=O)Nc3ccccc3F)ccc2F)cc1. The van der Waals surface area contributed by atoms with Crippen LogP contribution in [-0.4, -0.2) is 45.9 Å². The van der Waals surface area contributed by atoms with Crippen LogP contribution in [0.2, 0.25) is 0 Å². The topological polar surface area (TPSA) is 111 Å². The quantitative estimate of drug-likeness (QED) is 0.226. The van der Waals surface area contributed by atoms with Crippen molar-refractivity contribution >= 4 is 27.6 Å². The van der Waals surface area contributed by atoms with Crippen molar-refractivity contribution in [3.05, 3.63) is 119 Å². The second-order valence-electron chi connectivity index (χ2n) is 9.23. The molecule has 0 aliphatic rings. The van der Waals surface area contributed by atoms with E-state index in [1.54, 1.807) is 30.3 Å². The van der Waals surface area contributed by atoms with E-state index < -0.39 is 38.4 Å². The first kappa shape index (κ1) is 31.1. The minimum absolute atomic E-state index is 0.119. The third-order valence-electron chi connectivity index (χ3n) is 6.47. The van der Waals surface area contributed by atoms with Crippen molar-refractivity contribution < 1.29 is 41.0 Å². The van der Waals surface area contributed by atoms with Gasteiger partial charge in [-0.1, -0.05) is 30.3 Å². The van der Waals surface area contributed by atoms with Crippen LogP contribution in [0, 0.1) is 11.6 Å². The Hall–Kier alpha value is -4.81. The number of rotatable bonds is 11. The van der Waals surface area contributed by atoms with Gasteiger partial charge in [-0.3, -0.25) is 4.79 Å². The summed E-state index contributed by atoms with van der Waals surface area (Å²) < 4.78 is 73.6. The second-order valence-corrected chi connectivity index (χ2v) is 11.1. The van der Waals surface area contributed by atoms with Gasteiger partial charge in [0, 0.05) is 18.7 Å². The number of ether oxygens (including phenoxy) is 3. The lowest BCUT2D eigenvalue weighted by Crippen LogP contribution is -2.31. The number of hydrogen-bond donors (Lipinski definition) is 1. The van der Waals surface area contributed by atoms with Crippen LogP contribution in [0.3, 0.4) is 0 Å². The molecule has 9 nitrogen and oxygen atoms in total. The summed E-state index contributed by atoms with van der Waals surface area (Å²) in [6, 6.07) is 19.2. The van der Waals surface area contributed by atoms with Crippen molar-refractivity contribution in [2.45, 2.75) is 18.0 Å². The molecule has 0 unspecified atom stereocenters. The Balaban J connectivity index is 1.73. The Morgan fingerprint density at radius 3 is 2.02 bits per heavy atom. The molecule has 1 N–H and O–H groups in total. The highest BCUT2D eigenvalue weighted by atomic mass is 32.2. The van der Waals surface area contributed by atoms with Gasteiger partial charge in [0.05, 0.1) is 32.6 Å². The largest absolute Gasteiger partial charge is 0.493 e. The number of carbonyl (C=O) groups is 2. The normalized spacial score (nSPS) is 11.2. The average molecular weight is 611 g/mol. The number of amides is 1. The van der Waals surface area contributed by atoms with Gasteiger partial charge >= 0.3 is 5.97 Å². The van der Waals surface area contributed by atoms with Crippen LogP contribution in [0.5, 0.6) is 11.5 Å². The maximum Gasteiger partial charge on any atom is 0.337 e. The Morgan fingerprint density at radius 1 is 0.744 bits per heavy atom. The summed E-state index contributed by atoms with van der Waals surface area (Å²) >= 11 is 0. The number of nitrogens with one attached hydrogen (secondary N) is 1. The highest BCUT2D eigenvalue weighted by Gasteiger charge is 2.29. The molecule has 0 aliphatic heterocycles. The van der Waals surface area contributed by atoms with Crippen LogP contribution < -0.4 is 14.8 Å². The van der Waals surface area contributed by atoms with Crippen LogP contribution in [0.15, 0.2) is 89.8 Å². The van der Waals surface area contributed by atoms with E-state index in [0.29, 0.717) is 22.6 Å². The lowest BCUT2D eigenvalue weighted by molar-refractivity contribution is 0.0600. The molecule has 0 atom stereocenters. The molecule has 12 heteroatoms. The van der Waals surface area contributed by atoms with Gasteiger partial charge in [-0.2, -0.15) is 4.31 Å². The van der Waals surface area contributed by atoms with E-state index >= 15 is 4.39 Å². The number of methoxy groups -OCH3 is 3. The van der Waals surface area contributed by atoms with E-state index in [9.17, 15) is 22.4 Å². The first-order chi connectivity index (χ1) is 20.6. The highest BCUT2D eigenvalue weighted by molar-refractivity contribution is 7.89. The van der Waals surface area contributed by atoms with E-state index in [1.165, 1.54) is 51.7 Å². The summed E-state index contributed by atoms with van der Waals surface area (Å²) in [5.41, 5.74) is 0.940. The molecule has 0 aromatic heterocycles. The van der Waals surface area contributed by atoms with Crippen LogP contribution in [0.25, 0.3) is 0 Å². The molecule has 0 spiro atoms. The van der Waals surface area contributed by atoms with Gasteiger partial charge in [0.1, 0.15) is 16.5 Å². The van der Waals surface area contributed by atoms with Crippen LogP contribution in [0.4, 0.5) is 14.5 Å². The van der Waals surface area contributed by atoms with Gasteiger partial charge in [-0.25, -0.2) is 22.0 Å². The molecule has 43 heavy (non-hydrogen) atoms. The number of nitrogens with zero attached hydrogens (tertiary/aromatic N) is 1. The van der Waals surface area contributed by atoms with E-state index in [1.807, 2.05) is 0 Å². The van der Waals surface area contributed by atoms with Gasteiger partial charge in [0.25, 0.3) is 5.91 Å². The first-order valence-electron chi connectivity index (χ1n) is 12.8. The van der Waals surface area contributed by atoms with E-state index in [2.05, 4.69) is 5.32 Å². The van der Waals surface area contributed by atoms with E-state index in [-0.39, 0.29) is 29.9 Å². The number of hydrogen-bond acceptors (Lipinski definition) is 7. The molecule has 0 bridgehead atoms. The summed E-state index contributed by atoms with van der Waals surface area (Å²) in [5.74, 6) is -2.37. The minimum atomic E-state index is -4.59. The van der Waals surface area contributed by atoms with Gasteiger partial charge in [-0.15, -0.1) is 0 Å². The fraction of sp³-hybridized carbons (Fsp3) is 0.161. The van der Waals surface area contributed by atoms with Gasteiger partial charge in [0.15, 0.2) is 11.5 Å². The maximum atomic E-state index is 15.2. The monoisotopic (exact) mass is 610 g/mol. The predicted octanol–water partition coefficient (Wildman–Crippen LogP) is 5.41. The second kappa shape index (κ2) is 13.4. The van der Waals surface area contributed by atoms with Crippen molar-refractivity contribution in [2.75, 3.05) is 26.6 Å². The van der Waals surface area contributed by atoms with Crippen molar-refractivity contribution in [2.24, 2.45) is 0 Å². The first-order valence-corrected chi connectivity index (χ1v) is 14.2. The Bertz CT molecular complexity index is 1750. The maximum absolute atomic E-state index is 15.2. The van der Waals surface area contributed by atoms with Gasteiger partial charge in [-0.05, 0) is 65.7 Å². The molecule has 1 amide bonds.